The summed E-state index contributed by atoms with van der Waals surface area (Å²) >= 11 is 0. The Morgan fingerprint density at radius 3 is 2.70 bits per heavy atom. The van der Waals surface area contributed by atoms with Crippen LogP contribution in [0.15, 0.2) is 18.5 Å². The molecule has 0 amide bonds. The highest BCUT2D eigenvalue weighted by molar-refractivity contribution is 5.30. The van der Waals surface area contributed by atoms with Crippen LogP contribution in [0, 0.1) is 11.3 Å². The number of likely N-dealkylation sites (tertiary alicyclic amines) is 1. The van der Waals surface area contributed by atoms with Gasteiger partial charge in [0.15, 0.2) is 0 Å². The van der Waals surface area contributed by atoms with Gasteiger partial charge in [0, 0.05) is 38.6 Å². The second-order valence-corrected chi connectivity index (χ2v) is 7.60. The second kappa shape index (κ2) is 6.73. The van der Waals surface area contributed by atoms with Crippen molar-refractivity contribution in [2.75, 3.05) is 50.8 Å². The lowest BCUT2D eigenvalue weighted by molar-refractivity contribution is 0.0749. The van der Waals surface area contributed by atoms with Crippen molar-refractivity contribution in [1.82, 2.24) is 14.9 Å². The summed E-state index contributed by atoms with van der Waals surface area (Å²) in [6.45, 7) is 7.92. The van der Waals surface area contributed by atoms with Crippen LogP contribution in [0.4, 0.5) is 5.95 Å². The summed E-state index contributed by atoms with van der Waals surface area (Å²) in [6, 6.07) is 1.90. The molecule has 23 heavy (non-hydrogen) atoms. The van der Waals surface area contributed by atoms with E-state index in [-0.39, 0.29) is 0 Å². The molecule has 0 radical (unpaired) electrons. The summed E-state index contributed by atoms with van der Waals surface area (Å²) in [5.41, 5.74) is 0.486. The topological polar surface area (TPSA) is 41.5 Å². The van der Waals surface area contributed by atoms with Crippen molar-refractivity contribution in [3.8, 4) is 0 Å². The Kier molecular flexibility index (Phi) is 4.49. The van der Waals surface area contributed by atoms with Gasteiger partial charge in [-0.1, -0.05) is 0 Å². The SMILES string of the molecule is c1cnc(N2CCCC3(CCN(CC4CCOC4)CC3)C2)nc1. The van der Waals surface area contributed by atoms with Crippen LogP contribution in [0.5, 0.6) is 0 Å². The summed E-state index contributed by atoms with van der Waals surface area (Å²) in [5.74, 6) is 1.68. The van der Waals surface area contributed by atoms with Crippen molar-refractivity contribution in [2.24, 2.45) is 11.3 Å². The number of anilines is 1. The van der Waals surface area contributed by atoms with Crippen LogP contribution in [0.25, 0.3) is 0 Å². The van der Waals surface area contributed by atoms with Gasteiger partial charge in [-0.15, -0.1) is 0 Å². The average Bonchev–Trinajstić information content (AvgIpc) is 3.11. The van der Waals surface area contributed by atoms with Gasteiger partial charge in [-0.3, -0.25) is 0 Å². The zero-order chi connectivity index (χ0) is 15.5. The van der Waals surface area contributed by atoms with Crippen LogP contribution < -0.4 is 4.90 Å². The largest absolute Gasteiger partial charge is 0.381 e. The molecular weight excluding hydrogens is 288 g/mol. The summed E-state index contributed by atoms with van der Waals surface area (Å²) in [6.07, 6.45) is 10.3. The Hall–Kier alpha value is -1.20. The molecule has 1 spiro atoms. The second-order valence-electron chi connectivity index (χ2n) is 7.60. The minimum absolute atomic E-state index is 0.486. The first-order valence-corrected chi connectivity index (χ1v) is 9.15. The van der Waals surface area contributed by atoms with E-state index in [9.17, 15) is 0 Å². The molecule has 5 nitrogen and oxygen atoms in total. The van der Waals surface area contributed by atoms with Crippen molar-refractivity contribution in [1.29, 1.82) is 0 Å². The van der Waals surface area contributed by atoms with Crippen LogP contribution >= 0.6 is 0 Å². The third-order valence-electron chi connectivity index (χ3n) is 5.95. The molecule has 4 heterocycles. The molecule has 1 aromatic rings. The molecule has 0 aromatic carbocycles. The van der Waals surface area contributed by atoms with Crippen LogP contribution in [0.1, 0.15) is 32.1 Å². The zero-order valence-corrected chi connectivity index (χ0v) is 14.0. The molecule has 1 aromatic heterocycles. The maximum absolute atomic E-state index is 5.52. The Bertz CT molecular complexity index is 495. The predicted octanol–water partition coefficient (Wildman–Crippen LogP) is 2.20. The fourth-order valence-corrected chi connectivity index (χ4v) is 4.54. The molecule has 1 unspecified atom stereocenters. The first-order valence-electron chi connectivity index (χ1n) is 9.15. The quantitative estimate of drug-likeness (QED) is 0.855. The lowest BCUT2D eigenvalue weighted by Gasteiger charge is -2.48. The van der Waals surface area contributed by atoms with Crippen molar-refractivity contribution in [3.63, 3.8) is 0 Å². The number of aromatic nitrogens is 2. The van der Waals surface area contributed by atoms with Gasteiger partial charge < -0.3 is 14.5 Å². The normalized spacial score (nSPS) is 28.3. The fourth-order valence-electron chi connectivity index (χ4n) is 4.54. The van der Waals surface area contributed by atoms with E-state index in [1.807, 2.05) is 18.5 Å². The van der Waals surface area contributed by atoms with Gasteiger partial charge in [0.2, 0.25) is 5.95 Å². The van der Waals surface area contributed by atoms with Gasteiger partial charge in [-0.05, 0) is 62.6 Å². The van der Waals surface area contributed by atoms with E-state index >= 15 is 0 Å². The molecule has 0 saturated carbocycles. The average molecular weight is 316 g/mol. The molecular formula is C18H28N4O. The van der Waals surface area contributed by atoms with Gasteiger partial charge in [0.05, 0.1) is 6.61 Å². The minimum Gasteiger partial charge on any atom is -0.381 e. The standard InChI is InChI=1S/C18H28N4O/c1-4-18(15-22(9-1)17-19-7-2-8-20-17)5-10-21(11-6-18)13-16-3-12-23-14-16/h2,7-8,16H,1,3-6,9-15H2. The number of piperidine rings is 2. The number of hydrogen-bond acceptors (Lipinski definition) is 5. The van der Waals surface area contributed by atoms with Crippen LogP contribution in [0.3, 0.4) is 0 Å². The monoisotopic (exact) mass is 316 g/mol. The van der Waals surface area contributed by atoms with E-state index < -0.39 is 0 Å². The molecule has 3 fully saturated rings. The van der Waals surface area contributed by atoms with Crippen molar-refractivity contribution in [2.45, 2.75) is 32.1 Å². The zero-order valence-electron chi connectivity index (χ0n) is 14.0. The van der Waals surface area contributed by atoms with Crippen LogP contribution in [0.2, 0.25) is 0 Å². The van der Waals surface area contributed by atoms with Gasteiger partial charge in [-0.25, -0.2) is 9.97 Å². The lowest BCUT2D eigenvalue weighted by Crippen LogP contribution is -2.50. The van der Waals surface area contributed by atoms with Gasteiger partial charge >= 0.3 is 0 Å². The highest BCUT2D eigenvalue weighted by Gasteiger charge is 2.39. The molecule has 3 aliphatic rings. The van der Waals surface area contributed by atoms with Crippen molar-refractivity contribution >= 4 is 5.95 Å². The molecule has 0 aliphatic carbocycles. The van der Waals surface area contributed by atoms with Gasteiger partial charge in [0.1, 0.15) is 0 Å². The Labute approximate surface area is 139 Å². The highest BCUT2D eigenvalue weighted by atomic mass is 16.5. The number of hydrogen-bond donors (Lipinski definition) is 0. The fraction of sp³-hybridized carbons (Fsp3) is 0.778. The Morgan fingerprint density at radius 1 is 1.13 bits per heavy atom. The molecule has 3 saturated heterocycles. The van der Waals surface area contributed by atoms with E-state index in [2.05, 4.69) is 19.8 Å². The highest BCUT2D eigenvalue weighted by Crippen LogP contribution is 2.40. The molecule has 3 aliphatic heterocycles. The van der Waals surface area contributed by atoms with Gasteiger partial charge in [0.25, 0.3) is 0 Å². The van der Waals surface area contributed by atoms with Crippen molar-refractivity contribution in [3.05, 3.63) is 18.5 Å². The third kappa shape index (κ3) is 3.50. The van der Waals surface area contributed by atoms with E-state index in [1.54, 1.807) is 0 Å². The summed E-state index contributed by atoms with van der Waals surface area (Å²) in [4.78, 5) is 14.0. The first-order chi connectivity index (χ1) is 11.3. The smallest absolute Gasteiger partial charge is 0.225 e. The Morgan fingerprint density at radius 2 is 1.96 bits per heavy atom. The van der Waals surface area contributed by atoms with Crippen molar-refractivity contribution < 1.29 is 4.74 Å². The van der Waals surface area contributed by atoms with Gasteiger partial charge in [-0.2, -0.15) is 0 Å². The minimum atomic E-state index is 0.486. The molecule has 5 heteroatoms. The third-order valence-corrected chi connectivity index (χ3v) is 5.95. The summed E-state index contributed by atoms with van der Waals surface area (Å²) < 4.78 is 5.52. The maximum Gasteiger partial charge on any atom is 0.225 e. The summed E-state index contributed by atoms with van der Waals surface area (Å²) in [7, 11) is 0. The molecule has 4 rings (SSSR count). The predicted molar refractivity (Wildman–Crippen MR) is 90.5 cm³/mol. The van der Waals surface area contributed by atoms with Crippen LogP contribution in [-0.2, 0) is 4.74 Å². The summed E-state index contributed by atoms with van der Waals surface area (Å²) in [5, 5.41) is 0. The van der Waals surface area contributed by atoms with E-state index in [0.717, 1.165) is 38.2 Å². The maximum atomic E-state index is 5.52. The molecule has 126 valence electrons. The van der Waals surface area contributed by atoms with E-state index in [0.29, 0.717) is 5.41 Å². The Balaban J connectivity index is 1.34. The van der Waals surface area contributed by atoms with E-state index in [1.165, 1.54) is 51.7 Å². The van der Waals surface area contributed by atoms with Crippen LogP contribution in [-0.4, -0.2) is 60.8 Å². The lowest BCUT2D eigenvalue weighted by atomic mass is 9.72. The molecule has 0 bridgehead atoms. The number of ether oxygens (including phenoxy) is 1. The molecule has 1 atom stereocenters. The number of nitrogens with zero attached hydrogens (tertiary/aromatic N) is 4. The number of rotatable bonds is 3. The van der Waals surface area contributed by atoms with E-state index in [4.69, 9.17) is 4.74 Å². The first kappa shape index (κ1) is 15.3. The molecule has 0 N–H and O–H groups in total.